The van der Waals surface area contributed by atoms with Crippen LogP contribution in [0.15, 0.2) is 70.6 Å². The highest BCUT2D eigenvalue weighted by Gasteiger charge is 2.16. The van der Waals surface area contributed by atoms with Crippen LogP contribution in [0.2, 0.25) is 0 Å². The van der Waals surface area contributed by atoms with Gasteiger partial charge < -0.3 is 4.74 Å². The predicted molar refractivity (Wildman–Crippen MR) is 109 cm³/mol. The molecule has 1 heterocycles. The second-order valence-electron chi connectivity index (χ2n) is 6.02. The van der Waals surface area contributed by atoms with Gasteiger partial charge in [0.1, 0.15) is 0 Å². The van der Waals surface area contributed by atoms with Gasteiger partial charge in [-0.15, -0.1) is 0 Å². The van der Waals surface area contributed by atoms with Gasteiger partial charge in [0.25, 0.3) is 5.56 Å². The molecule has 134 valence electrons. The number of ether oxygens (including phenoxy) is 1. The van der Waals surface area contributed by atoms with Crippen LogP contribution in [0.1, 0.15) is 18.5 Å². The predicted octanol–water partition coefficient (Wildman–Crippen LogP) is 4.41. The Morgan fingerprint density at radius 3 is 2.65 bits per heavy atom. The van der Waals surface area contributed by atoms with Crippen molar-refractivity contribution >= 4 is 28.7 Å². The smallest absolute Gasteiger partial charge is 0.262 e. The van der Waals surface area contributed by atoms with E-state index in [1.54, 1.807) is 23.4 Å². The Morgan fingerprint density at radius 1 is 1.15 bits per heavy atom. The monoisotopic (exact) mass is 366 g/mol. The number of thioether (sulfide) groups is 1. The molecule has 1 atom stereocenters. The molecule has 0 amide bonds. The van der Waals surface area contributed by atoms with Gasteiger partial charge >= 0.3 is 0 Å². The van der Waals surface area contributed by atoms with Crippen LogP contribution in [0, 0.1) is 0 Å². The quantitative estimate of drug-likeness (QED) is 0.459. The van der Waals surface area contributed by atoms with Crippen molar-refractivity contribution in [3.63, 3.8) is 0 Å². The standard InChI is InChI=1S/C21H22N2O2S/c1-16(15-25-2)23-20(24)18-12-6-7-13-19(18)22-21(23)26-14-8-11-17-9-4-3-5-10-17/h3-13,16H,14-15H2,1-2H3/b11-8+. The highest BCUT2D eigenvalue weighted by molar-refractivity contribution is 7.99. The Balaban J connectivity index is 1.89. The Kier molecular flexibility index (Phi) is 6.26. The minimum Gasteiger partial charge on any atom is -0.383 e. The zero-order valence-electron chi connectivity index (χ0n) is 15.0. The maximum absolute atomic E-state index is 13.0. The zero-order valence-corrected chi connectivity index (χ0v) is 15.8. The lowest BCUT2D eigenvalue weighted by Crippen LogP contribution is -2.28. The van der Waals surface area contributed by atoms with Crippen LogP contribution in [0.4, 0.5) is 0 Å². The molecule has 1 unspecified atom stereocenters. The van der Waals surface area contributed by atoms with Crippen LogP contribution < -0.4 is 5.56 Å². The molecule has 5 heteroatoms. The number of fused-ring (bicyclic) bond motifs is 1. The van der Waals surface area contributed by atoms with E-state index >= 15 is 0 Å². The second kappa shape index (κ2) is 8.83. The highest BCUT2D eigenvalue weighted by Crippen LogP contribution is 2.21. The maximum Gasteiger partial charge on any atom is 0.262 e. The van der Waals surface area contributed by atoms with Crippen molar-refractivity contribution in [2.75, 3.05) is 19.5 Å². The first-order valence-electron chi connectivity index (χ1n) is 8.55. The van der Waals surface area contributed by atoms with Crippen molar-refractivity contribution in [2.45, 2.75) is 18.1 Å². The van der Waals surface area contributed by atoms with E-state index in [2.05, 4.69) is 24.3 Å². The highest BCUT2D eigenvalue weighted by atomic mass is 32.2. The molecule has 1 aromatic heterocycles. The maximum atomic E-state index is 13.0. The lowest BCUT2D eigenvalue weighted by atomic mass is 10.2. The minimum absolute atomic E-state index is 0.0188. The Morgan fingerprint density at radius 2 is 1.88 bits per heavy atom. The summed E-state index contributed by atoms with van der Waals surface area (Å²) in [6.07, 6.45) is 4.17. The summed E-state index contributed by atoms with van der Waals surface area (Å²) in [5.74, 6) is 0.735. The normalized spacial score (nSPS) is 12.7. The van der Waals surface area contributed by atoms with Gasteiger partial charge in [-0.05, 0) is 24.6 Å². The molecule has 0 spiro atoms. The largest absolute Gasteiger partial charge is 0.383 e. The summed E-state index contributed by atoms with van der Waals surface area (Å²) in [7, 11) is 1.64. The first-order valence-corrected chi connectivity index (χ1v) is 9.54. The molecule has 0 bridgehead atoms. The third-order valence-corrected chi connectivity index (χ3v) is 4.95. The fourth-order valence-corrected chi connectivity index (χ4v) is 3.71. The number of hydrogen-bond donors (Lipinski definition) is 0. The van der Waals surface area contributed by atoms with E-state index in [9.17, 15) is 4.79 Å². The van der Waals surface area contributed by atoms with Crippen molar-refractivity contribution in [1.82, 2.24) is 9.55 Å². The number of aromatic nitrogens is 2. The number of rotatable bonds is 7. The molecule has 0 N–H and O–H groups in total. The first-order chi connectivity index (χ1) is 12.7. The number of methoxy groups -OCH3 is 1. The van der Waals surface area contributed by atoms with E-state index in [0.717, 1.165) is 22.0 Å². The molecular weight excluding hydrogens is 344 g/mol. The van der Waals surface area contributed by atoms with Gasteiger partial charge in [0, 0.05) is 12.9 Å². The topological polar surface area (TPSA) is 44.1 Å². The average Bonchev–Trinajstić information content (AvgIpc) is 2.66. The fourth-order valence-electron chi connectivity index (χ4n) is 2.80. The summed E-state index contributed by atoms with van der Waals surface area (Å²) in [6, 6.07) is 17.6. The number of para-hydroxylation sites is 1. The van der Waals surface area contributed by atoms with Gasteiger partial charge in [0.2, 0.25) is 0 Å². The van der Waals surface area contributed by atoms with E-state index in [1.165, 1.54) is 0 Å². The Hall–Kier alpha value is -2.37. The van der Waals surface area contributed by atoms with Crippen molar-refractivity contribution in [1.29, 1.82) is 0 Å². The van der Waals surface area contributed by atoms with E-state index in [-0.39, 0.29) is 11.6 Å². The summed E-state index contributed by atoms with van der Waals surface area (Å²) in [5.41, 5.74) is 1.87. The molecule has 0 radical (unpaired) electrons. The van der Waals surface area contributed by atoms with Crippen LogP contribution >= 0.6 is 11.8 Å². The third-order valence-electron chi connectivity index (χ3n) is 4.04. The minimum atomic E-state index is -0.0785. The van der Waals surface area contributed by atoms with Gasteiger partial charge in [-0.2, -0.15) is 0 Å². The molecule has 0 saturated carbocycles. The van der Waals surface area contributed by atoms with Crippen LogP contribution in [-0.4, -0.2) is 29.0 Å². The molecule has 0 saturated heterocycles. The molecule has 26 heavy (non-hydrogen) atoms. The average molecular weight is 366 g/mol. The number of hydrogen-bond acceptors (Lipinski definition) is 4. The van der Waals surface area contributed by atoms with E-state index < -0.39 is 0 Å². The molecule has 3 rings (SSSR count). The lowest BCUT2D eigenvalue weighted by molar-refractivity contribution is 0.156. The van der Waals surface area contributed by atoms with Gasteiger partial charge in [-0.25, -0.2) is 4.98 Å². The molecule has 0 aliphatic carbocycles. The molecule has 4 nitrogen and oxygen atoms in total. The lowest BCUT2D eigenvalue weighted by Gasteiger charge is -2.18. The van der Waals surface area contributed by atoms with Gasteiger partial charge in [-0.3, -0.25) is 9.36 Å². The Labute approximate surface area is 157 Å². The summed E-state index contributed by atoms with van der Waals surface area (Å²) in [4.78, 5) is 17.7. The van der Waals surface area contributed by atoms with Crippen molar-refractivity contribution in [2.24, 2.45) is 0 Å². The van der Waals surface area contributed by atoms with Crippen LogP contribution in [0.3, 0.4) is 0 Å². The SMILES string of the molecule is COCC(C)n1c(SC/C=C/c2ccccc2)nc2ccccc2c1=O. The van der Waals surface area contributed by atoms with Gasteiger partial charge in [0.05, 0.1) is 23.6 Å². The molecule has 0 aliphatic heterocycles. The molecule has 0 fully saturated rings. The van der Waals surface area contributed by atoms with Crippen LogP contribution in [0.25, 0.3) is 17.0 Å². The second-order valence-corrected chi connectivity index (χ2v) is 7.00. The van der Waals surface area contributed by atoms with E-state index in [4.69, 9.17) is 9.72 Å². The van der Waals surface area contributed by atoms with Crippen LogP contribution in [-0.2, 0) is 4.74 Å². The zero-order chi connectivity index (χ0) is 18.4. The third kappa shape index (κ3) is 4.23. The summed E-state index contributed by atoms with van der Waals surface area (Å²) in [5, 5.41) is 1.36. The summed E-state index contributed by atoms with van der Waals surface area (Å²) < 4.78 is 7.00. The molecule has 3 aromatic rings. The molecule has 0 aliphatic rings. The fraction of sp³-hybridized carbons (Fsp3) is 0.238. The number of benzene rings is 2. The number of nitrogens with zero attached hydrogens (tertiary/aromatic N) is 2. The molecular formula is C21H22N2O2S. The van der Waals surface area contributed by atoms with E-state index in [1.807, 2.05) is 49.4 Å². The summed E-state index contributed by atoms with van der Waals surface area (Å²) in [6.45, 7) is 2.44. The van der Waals surface area contributed by atoms with Crippen molar-refractivity contribution in [3.05, 3.63) is 76.6 Å². The summed E-state index contributed by atoms with van der Waals surface area (Å²) >= 11 is 1.56. The molecule has 2 aromatic carbocycles. The first kappa shape index (κ1) is 18.4. The van der Waals surface area contributed by atoms with Crippen molar-refractivity contribution < 1.29 is 4.74 Å². The van der Waals surface area contributed by atoms with Crippen molar-refractivity contribution in [3.8, 4) is 0 Å². The van der Waals surface area contributed by atoms with E-state index in [0.29, 0.717) is 12.0 Å². The Bertz CT molecular complexity index is 951. The van der Waals surface area contributed by atoms with Gasteiger partial charge in [0.15, 0.2) is 5.16 Å². The van der Waals surface area contributed by atoms with Crippen LogP contribution in [0.5, 0.6) is 0 Å². The van der Waals surface area contributed by atoms with Gasteiger partial charge in [-0.1, -0.05) is 66.4 Å².